The molecule has 2 nitrogen and oxygen atoms in total. The zero-order valence-corrected chi connectivity index (χ0v) is 8.00. The van der Waals surface area contributed by atoms with Crippen LogP contribution in [0.4, 0.5) is 0 Å². The van der Waals surface area contributed by atoms with E-state index in [2.05, 4.69) is 27.8 Å². The van der Waals surface area contributed by atoms with E-state index in [9.17, 15) is 0 Å². The Morgan fingerprint density at radius 1 is 1.70 bits per heavy atom. The molecule has 0 aliphatic heterocycles. The van der Waals surface area contributed by atoms with Crippen molar-refractivity contribution in [2.75, 3.05) is 0 Å². The predicted octanol–water partition coefficient (Wildman–Crippen LogP) is 1.96. The van der Waals surface area contributed by atoms with Gasteiger partial charge in [-0.2, -0.15) is 0 Å². The first kappa shape index (κ1) is 8.17. The lowest BCUT2D eigenvalue weighted by Gasteiger charge is -1.90. The Bertz CT molecular complexity index is 202. The first-order chi connectivity index (χ1) is 4.77. The SMILES string of the molecule is CCc1sc(Br)nc1CO. The second-order valence-electron chi connectivity index (χ2n) is 1.85. The third kappa shape index (κ3) is 1.56. The number of hydrogen-bond donors (Lipinski definition) is 1. The van der Waals surface area contributed by atoms with Crippen molar-refractivity contribution in [3.05, 3.63) is 14.5 Å². The number of nitrogens with zero attached hydrogens (tertiary/aromatic N) is 1. The molecule has 1 heterocycles. The van der Waals surface area contributed by atoms with E-state index in [4.69, 9.17) is 5.11 Å². The van der Waals surface area contributed by atoms with Gasteiger partial charge in [0, 0.05) is 4.88 Å². The van der Waals surface area contributed by atoms with Gasteiger partial charge in [-0.05, 0) is 22.4 Å². The van der Waals surface area contributed by atoms with Crippen LogP contribution in [-0.2, 0) is 13.0 Å². The number of aliphatic hydroxyl groups excluding tert-OH is 1. The number of aryl methyl sites for hydroxylation is 1. The first-order valence-electron chi connectivity index (χ1n) is 3.02. The van der Waals surface area contributed by atoms with Gasteiger partial charge >= 0.3 is 0 Å². The maximum absolute atomic E-state index is 8.79. The average molecular weight is 222 g/mol. The molecule has 0 fully saturated rings. The van der Waals surface area contributed by atoms with Crippen LogP contribution in [0.15, 0.2) is 3.92 Å². The Kier molecular flexibility index (Phi) is 2.82. The molecule has 0 unspecified atom stereocenters. The molecule has 1 N–H and O–H groups in total. The summed E-state index contributed by atoms with van der Waals surface area (Å²) in [4.78, 5) is 5.25. The largest absolute Gasteiger partial charge is 0.390 e. The molecule has 0 aliphatic rings. The standard InChI is InChI=1S/C6H8BrNOS/c1-2-5-4(3-9)8-6(7)10-5/h9H,2-3H2,1H3. The quantitative estimate of drug-likeness (QED) is 0.829. The van der Waals surface area contributed by atoms with Crippen LogP contribution in [0, 0.1) is 0 Å². The van der Waals surface area contributed by atoms with E-state index in [-0.39, 0.29) is 6.61 Å². The van der Waals surface area contributed by atoms with Crippen molar-refractivity contribution >= 4 is 27.3 Å². The van der Waals surface area contributed by atoms with Gasteiger partial charge in [0.1, 0.15) is 0 Å². The average Bonchev–Trinajstić information content (AvgIpc) is 2.30. The van der Waals surface area contributed by atoms with Crippen LogP contribution in [0.2, 0.25) is 0 Å². The molecule has 1 aromatic rings. The zero-order valence-electron chi connectivity index (χ0n) is 5.59. The Balaban J connectivity index is 2.96. The van der Waals surface area contributed by atoms with Crippen molar-refractivity contribution in [1.82, 2.24) is 4.98 Å². The highest BCUT2D eigenvalue weighted by Crippen LogP contribution is 2.23. The number of rotatable bonds is 2. The molecule has 0 spiro atoms. The summed E-state index contributed by atoms with van der Waals surface area (Å²) >= 11 is 4.85. The fourth-order valence-electron chi connectivity index (χ4n) is 0.752. The summed E-state index contributed by atoms with van der Waals surface area (Å²) in [5.74, 6) is 0. The van der Waals surface area contributed by atoms with Gasteiger partial charge in [-0.25, -0.2) is 4.98 Å². The minimum Gasteiger partial charge on any atom is -0.390 e. The second kappa shape index (κ2) is 3.46. The molecule has 1 aromatic heterocycles. The third-order valence-electron chi connectivity index (χ3n) is 1.22. The van der Waals surface area contributed by atoms with Crippen molar-refractivity contribution in [3.63, 3.8) is 0 Å². The Labute approximate surface area is 72.0 Å². The predicted molar refractivity (Wildman–Crippen MR) is 45.1 cm³/mol. The smallest absolute Gasteiger partial charge is 0.159 e. The van der Waals surface area contributed by atoms with Crippen LogP contribution in [0.5, 0.6) is 0 Å². The maximum atomic E-state index is 8.79. The molecule has 0 atom stereocenters. The summed E-state index contributed by atoms with van der Waals surface area (Å²) in [5.41, 5.74) is 0.805. The van der Waals surface area contributed by atoms with E-state index < -0.39 is 0 Å². The second-order valence-corrected chi connectivity index (χ2v) is 4.21. The maximum Gasteiger partial charge on any atom is 0.159 e. The van der Waals surface area contributed by atoms with Crippen LogP contribution >= 0.6 is 27.3 Å². The lowest BCUT2D eigenvalue weighted by atomic mass is 10.3. The Hall–Kier alpha value is 0.0700. The van der Waals surface area contributed by atoms with E-state index in [1.54, 1.807) is 11.3 Å². The summed E-state index contributed by atoms with van der Waals surface area (Å²) in [6.07, 6.45) is 0.944. The number of aliphatic hydroxyl groups is 1. The fourth-order valence-corrected chi connectivity index (χ4v) is 2.28. The summed E-state index contributed by atoms with van der Waals surface area (Å²) in [6, 6.07) is 0. The van der Waals surface area contributed by atoms with Crippen LogP contribution < -0.4 is 0 Å². The highest BCUT2D eigenvalue weighted by molar-refractivity contribution is 9.11. The minimum absolute atomic E-state index is 0.0469. The monoisotopic (exact) mass is 221 g/mol. The molecular formula is C6H8BrNOS. The summed E-state index contributed by atoms with van der Waals surface area (Å²) < 4.78 is 0.855. The highest BCUT2D eigenvalue weighted by atomic mass is 79.9. The van der Waals surface area contributed by atoms with Gasteiger partial charge in [0.15, 0.2) is 3.92 Å². The fraction of sp³-hybridized carbons (Fsp3) is 0.500. The van der Waals surface area contributed by atoms with Gasteiger partial charge in [0.05, 0.1) is 12.3 Å². The molecule has 10 heavy (non-hydrogen) atoms. The van der Waals surface area contributed by atoms with Crippen LogP contribution in [0.25, 0.3) is 0 Å². The van der Waals surface area contributed by atoms with Crippen molar-refractivity contribution in [2.24, 2.45) is 0 Å². The topological polar surface area (TPSA) is 33.1 Å². The van der Waals surface area contributed by atoms with E-state index in [1.165, 1.54) is 0 Å². The molecule has 0 saturated carbocycles. The van der Waals surface area contributed by atoms with Crippen LogP contribution in [0.1, 0.15) is 17.5 Å². The first-order valence-corrected chi connectivity index (χ1v) is 4.63. The molecule has 0 saturated heterocycles. The van der Waals surface area contributed by atoms with Crippen LogP contribution in [0.3, 0.4) is 0 Å². The van der Waals surface area contributed by atoms with Gasteiger partial charge in [-0.1, -0.05) is 6.92 Å². The molecule has 1 rings (SSSR count). The van der Waals surface area contributed by atoms with E-state index >= 15 is 0 Å². The third-order valence-corrected chi connectivity index (χ3v) is 2.92. The Morgan fingerprint density at radius 2 is 2.40 bits per heavy atom. The van der Waals surface area contributed by atoms with Crippen LogP contribution in [-0.4, -0.2) is 10.1 Å². The van der Waals surface area contributed by atoms with Gasteiger partial charge in [-0.15, -0.1) is 11.3 Å². The number of hydrogen-bond acceptors (Lipinski definition) is 3. The molecule has 0 aliphatic carbocycles. The molecule has 0 amide bonds. The molecule has 0 aromatic carbocycles. The summed E-state index contributed by atoms with van der Waals surface area (Å²) in [7, 11) is 0. The summed E-state index contributed by atoms with van der Waals surface area (Å²) in [5, 5.41) is 8.79. The molecule has 0 bridgehead atoms. The summed E-state index contributed by atoms with van der Waals surface area (Å²) in [6.45, 7) is 2.10. The lowest BCUT2D eigenvalue weighted by Crippen LogP contribution is -1.87. The van der Waals surface area contributed by atoms with Crippen molar-refractivity contribution < 1.29 is 5.11 Å². The number of thiazole rings is 1. The number of halogens is 1. The van der Waals surface area contributed by atoms with E-state index in [1.807, 2.05) is 0 Å². The van der Waals surface area contributed by atoms with E-state index in [0.29, 0.717) is 0 Å². The molecule has 0 radical (unpaired) electrons. The van der Waals surface area contributed by atoms with Gasteiger partial charge < -0.3 is 5.11 Å². The lowest BCUT2D eigenvalue weighted by molar-refractivity contribution is 0.276. The normalized spacial score (nSPS) is 10.3. The molecule has 4 heteroatoms. The van der Waals surface area contributed by atoms with Gasteiger partial charge in [-0.3, -0.25) is 0 Å². The Morgan fingerprint density at radius 3 is 2.80 bits per heavy atom. The zero-order chi connectivity index (χ0) is 7.56. The van der Waals surface area contributed by atoms with Gasteiger partial charge in [0.2, 0.25) is 0 Å². The van der Waals surface area contributed by atoms with Crippen molar-refractivity contribution in [2.45, 2.75) is 20.0 Å². The van der Waals surface area contributed by atoms with Crippen molar-refractivity contribution in [1.29, 1.82) is 0 Å². The molecular weight excluding hydrogens is 214 g/mol. The molecule has 56 valence electrons. The van der Waals surface area contributed by atoms with Gasteiger partial charge in [0.25, 0.3) is 0 Å². The van der Waals surface area contributed by atoms with Crippen molar-refractivity contribution in [3.8, 4) is 0 Å². The number of aromatic nitrogens is 1. The highest BCUT2D eigenvalue weighted by Gasteiger charge is 2.05. The van der Waals surface area contributed by atoms with E-state index in [0.717, 1.165) is 20.9 Å². The minimum atomic E-state index is 0.0469.